The quantitative estimate of drug-likeness (QED) is 0.355. The minimum Gasteiger partial charge on any atom is -0.258 e. The Morgan fingerprint density at radius 3 is 2.50 bits per heavy atom. The van der Waals surface area contributed by atoms with Crippen molar-refractivity contribution in [3.05, 3.63) is 0 Å². The molecule has 0 aromatic heterocycles. The molecule has 0 aromatic carbocycles. The van der Waals surface area contributed by atoms with Gasteiger partial charge >= 0.3 is 0 Å². The van der Waals surface area contributed by atoms with E-state index in [9.17, 15) is 0 Å². The first-order chi connectivity index (χ1) is 2.77. The molecule has 2 nitrogen and oxygen atoms in total. The molecule has 0 aliphatic carbocycles. The van der Waals surface area contributed by atoms with Gasteiger partial charge < -0.3 is 0 Å². The van der Waals surface area contributed by atoms with Crippen molar-refractivity contribution in [2.45, 2.75) is 0 Å². The van der Waals surface area contributed by atoms with E-state index in [0.29, 0.717) is 0 Å². The first kappa shape index (κ1) is 3.97. The van der Waals surface area contributed by atoms with E-state index >= 15 is 0 Å². The maximum atomic E-state index is 8.19. The Labute approximate surface area is 38.6 Å². The maximum absolute atomic E-state index is 8.19. The normalized spacial score (nSPS) is 52.0. The van der Waals surface area contributed by atoms with Crippen molar-refractivity contribution in [2.24, 2.45) is 0 Å². The van der Waals surface area contributed by atoms with Crippen LogP contribution in [0.1, 0.15) is 0 Å². The molecule has 0 radical (unpaired) electrons. The third kappa shape index (κ3) is 0.490. The van der Waals surface area contributed by atoms with Crippen molar-refractivity contribution in [3.63, 3.8) is 0 Å². The van der Waals surface area contributed by atoms with Gasteiger partial charge in [-0.1, -0.05) is 10.2 Å². The van der Waals surface area contributed by atoms with Crippen LogP contribution >= 0.6 is 10.2 Å². The fraction of sp³-hybridized carbons (Fsp3) is 0.667. The first-order valence-electron chi connectivity index (χ1n) is 1.68. The summed E-state index contributed by atoms with van der Waals surface area (Å²) in [6.45, 7) is 0. The van der Waals surface area contributed by atoms with Gasteiger partial charge in [-0.15, -0.1) is 0 Å². The largest absolute Gasteiger partial charge is 0.258 e. The minimum atomic E-state index is -0.856. The molecule has 1 atom stereocenters. The van der Waals surface area contributed by atoms with Crippen LogP contribution in [0.25, 0.3) is 0 Å². The van der Waals surface area contributed by atoms with E-state index in [0.717, 1.165) is 5.88 Å². The van der Waals surface area contributed by atoms with Gasteiger partial charge in [0.15, 0.2) is 0 Å². The number of hydrogen-bond donors (Lipinski definition) is 1. The molecule has 6 heavy (non-hydrogen) atoms. The van der Waals surface area contributed by atoms with Crippen LogP contribution in [0.15, 0.2) is 0 Å². The van der Waals surface area contributed by atoms with Crippen LogP contribution in [0.2, 0.25) is 0 Å². The fourth-order valence-electron chi connectivity index (χ4n) is 0.153. The van der Waals surface area contributed by atoms with E-state index in [4.69, 9.17) is 5.26 Å². The molecule has 0 amide bonds. The monoisotopic (exact) mass is 102 g/mol. The molecule has 1 aliphatic rings. The Kier molecular flexibility index (Phi) is 0.593. The molecule has 0 bridgehead atoms. The lowest BCUT2D eigenvalue weighted by Crippen LogP contribution is -1.70. The summed E-state index contributed by atoms with van der Waals surface area (Å²) in [5.41, 5.74) is 0. The van der Waals surface area contributed by atoms with Crippen molar-refractivity contribution >= 4 is 10.2 Å². The fourth-order valence-corrected chi connectivity index (χ4v) is 0.989. The highest BCUT2D eigenvalue weighted by atomic mass is 32.3. The van der Waals surface area contributed by atoms with Crippen LogP contribution in [-0.2, 0) is 0 Å². The zero-order valence-electron chi connectivity index (χ0n) is 3.56. The molecule has 1 saturated heterocycles. The highest BCUT2D eigenvalue weighted by molar-refractivity contribution is 8.40. The predicted molar refractivity (Wildman–Crippen MR) is 27.1 cm³/mol. The van der Waals surface area contributed by atoms with Gasteiger partial charge in [-0.05, 0) is 6.26 Å². The number of rotatable bonds is 0. The van der Waals surface area contributed by atoms with Gasteiger partial charge in [0.1, 0.15) is 5.40 Å². The summed E-state index contributed by atoms with van der Waals surface area (Å²) in [5, 5.41) is 10.4. The number of hydrogen-bond acceptors (Lipinski definition) is 2. The van der Waals surface area contributed by atoms with Gasteiger partial charge in [-0.2, -0.15) is 5.26 Å². The maximum Gasteiger partial charge on any atom is 0.127 e. The molecule has 0 saturated carbocycles. The summed E-state index contributed by atoms with van der Waals surface area (Å²) < 4.78 is 2.98. The second kappa shape index (κ2) is 0.895. The number of thiocyanates is 1. The van der Waals surface area contributed by atoms with Gasteiger partial charge in [-0.3, -0.25) is 4.72 Å². The molecule has 1 unspecified atom stereocenters. The Bertz CT molecular complexity index is 99.9. The zero-order valence-corrected chi connectivity index (χ0v) is 4.38. The molecule has 3 heteroatoms. The Morgan fingerprint density at radius 2 is 2.50 bits per heavy atom. The zero-order chi connectivity index (χ0) is 4.62. The summed E-state index contributed by atoms with van der Waals surface area (Å²) in [6, 6.07) is 0. The topological polar surface area (TPSA) is 45.7 Å². The highest BCUT2D eigenvalue weighted by Crippen LogP contribution is 2.49. The van der Waals surface area contributed by atoms with E-state index in [-0.39, 0.29) is 0 Å². The third-order valence-electron chi connectivity index (χ3n) is 0.779. The van der Waals surface area contributed by atoms with Crippen molar-refractivity contribution in [1.82, 2.24) is 4.72 Å². The van der Waals surface area contributed by atoms with Gasteiger partial charge in [0.05, 0.1) is 5.88 Å². The van der Waals surface area contributed by atoms with E-state index in [2.05, 4.69) is 10.1 Å². The summed E-state index contributed by atoms with van der Waals surface area (Å²) >= 11 is 0. The van der Waals surface area contributed by atoms with Crippen molar-refractivity contribution < 1.29 is 0 Å². The van der Waals surface area contributed by atoms with Crippen LogP contribution in [0.5, 0.6) is 0 Å². The molecule has 1 N–H and O–H groups in total. The molecule has 1 heterocycles. The summed E-state index contributed by atoms with van der Waals surface area (Å²) in [6.07, 6.45) is 1.97. The van der Waals surface area contributed by atoms with Crippen LogP contribution in [0.3, 0.4) is 0 Å². The summed E-state index contributed by atoms with van der Waals surface area (Å²) in [5.74, 6) is 0.948. The van der Waals surface area contributed by atoms with Crippen LogP contribution < -0.4 is 4.72 Å². The smallest absolute Gasteiger partial charge is 0.127 e. The van der Waals surface area contributed by atoms with E-state index in [1.165, 1.54) is 0 Å². The second-order valence-electron chi connectivity index (χ2n) is 1.47. The summed E-state index contributed by atoms with van der Waals surface area (Å²) in [7, 11) is -0.856. The lowest BCUT2D eigenvalue weighted by atomic mass is 11.6. The predicted octanol–water partition coefficient (Wildman–Crippen LogP) is 0.378. The lowest BCUT2D eigenvalue weighted by molar-refractivity contribution is 1.41. The first-order valence-corrected chi connectivity index (χ1v) is 3.89. The molecule has 0 spiro atoms. The van der Waals surface area contributed by atoms with Crippen molar-refractivity contribution in [1.29, 1.82) is 5.26 Å². The van der Waals surface area contributed by atoms with Gasteiger partial charge in [0.2, 0.25) is 0 Å². The Hall–Kier alpha value is -0.200. The third-order valence-corrected chi connectivity index (χ3v) is 2.34. The van der Waals surface area contributed by atoms with Gasteiger partial charge in [-0.25, -0.2) is 0 Å². The Balaban J connectivity index is 2.54. The molecule has 34 valence electrons. The van der Waals surface area contributed by atoms with Crippen molar-refractivity contribution in [2.75, 3.05) is 12.1 Å². The van der Waals surface area contributed by atoms with Gasteiger partial charge in [0.25, 0.3) is 0 Å². The second-order valence-corrected chi connectivity index (χ2v) is 4.40. The van der Waals surface area contributed by atoms with E-state index in [1.807, 2.05) is 6.26 Å². The molecule has 1 rings (SSSR count). The van der Waals surface area contributed by atoms with E-state index in [1.54, 1.807) is 0 Å². The highest BCUT2D eigenvalue weighted by Gasteiger charge is 2.29. The van der Waals surface area contributed by atoms with Crippen LogP contribution in [0, 0.1) is 10.7 Å². The molecule has 0 aromatic rings. The van der Waals surface area contributed by atoms with E-state index < -0.39 is 10.2 Å². The standard InChI is InChI=1S/C3H6N2S/c1-6(2-4)3-5-6/h5H,3H2,1H3. The lowest BCUT2D eigenvalue weighted by Gasteiger charge is -1.89. The minimum absolute atomic E-state index is 0.856. The van der Waals surface area contributed by atoms with Crippen LogP contribution in [-0.4, -0.2) is 12.1 Å². The Morgan fingerprint density at radius 1 is 2.00 bits per heavy atom. The average molecular weight is 102 g/mol. The molecular weight excluding hydrogens is 96.1 g/mol. The molecule has 1 aliphatic heterocycles. The number of nitriles is 1. The molecular formula is C3H6N2S. The number of nitrogens with one attached hydrogen (secondary N) is 1. The SMILES string of the molecule is CS1(C#N)CN1. The average Bonchev–Trinajstić information content (AvgIpc) is 2.22. The van der Waals surface area contributed by atoms with Crippen LogP contribution in [0.4, 0.5) is 0 Å². The van der Waals surface area contributed by atoms with Gasteiger partial charge in [0, 0.05) is 0 Å². The summed E-state index contributed by atoms with van der Waals surface area (Å²) in [4.78, 5) is 0. The van der Waals surface area contributed by atoms with Crippen molar-refractivity contribution in [3.8, 4) is 5.40 Å². The molecule has 1 fully saturated rings. The number of nitrogens with zero attached hydrogens (tertiary/aromatic N) is 1.